The quantitative estimate of drug-likeness (QED) is 0.0366. The van der Waals surface area contributed by atoms with Crippen LogP contribution in [-0.2, 0) is 0 Å². The van der Waals surface area contributed by atoms with E-state index < -0.39 is 0 Å². The minimum absolute atomic E-state index is 0.378. The lowest BCUT2D eigenvalue weighted by molar-refractivity contribution is -0.935. The van der Waals surface area contributed by atoms with Crippen molar-refractivity contribution in [3.8, 4) is 0 Å². The average Bonchev–Trinajstić information content (AvgIpc) is 3.10. The fraction of sp³-hybridized carbons (Fsp3) is 1.00. The molecule has 0 spiro atoms. The van der Waals surface area contributed by atoms with Crippen LogP contribution in [0.15, 0.2) is 0 Å². The van der Waals surface area contributed by atoms with E-state index in [9.17, 15) is 20.4 Å². The van der Waals surface area contributed by atoms with Crippen LogP contribution < -0.4 is 0 Å². The molecular weight excluding hydrogens is 681 g/mol. The number of rotatable bonds is 44. The van der Waals surface area contributed by atoms with Gasteiger partial charge < -0.3 is 29.4 Å². The predicted molar refractivity (Wildman–Crippen MR) is 241 cm³/mol. The third kappa shape index (κ3) is 35.4. The summed E-state index contributed by atoms with van der Waals surface area (Å²) in [4.78, 5) is 0. The predicted octanol–water partition coefficient (Wildman–Crippen LogP) is 12.3. The van der Waals surface area contributed by atoms with Gasteiger partial charge in [-0.15, -0.1) is 0 Å². The normalized spacial score (nSPS) is 16.5. The molecule has 0 saturated heterocycles. The Kier molecular flexibility index (Phi) is 37.8. The Morgan fingerprint density at radius 2 is 0.400 bits per heavy atom. The summed E-state index contributed by atoms with van der Waals surface area (Å²) >= 11 is 0. The Labute approximate surface area is 345 Å². The van der Waals surface area contributed by atoms with Gasteiger partial charge in [0, 0.05) is 0 Å². The van der Waals surface area contributed by atoms with Crippen molar-refractivity contribution in [2.75, 3.05) is 52.4 Å². The van der Waals surface area contributed by atoms with Gasteiger partial charge in [0.25, 0.3) is 0 Å². The summed E-state index contributed by atoms with van der Waals surface area (Å²) in [6, 6.07) is 0. The highest BCUT2D eigenvalue weighted by atomic mass is 16.3. The van der Waals surface area contributed by atoms with Crippen molar-refractivity contribution >= 4 is 0 Å². The lowest BCUT2D eigenvalue weighted by atomic mass is 10.0. The fourth-order valence-corrected chi connectivity index (χ4v) is 9.70. The molecule has 0 heterocycles. The van der Waals surface area contributed by atoms with Gasteiger partial charge in [-0.3, -0.25) is 0 Å². The van der Waals surface area contributed by atoms with Crippen LogP contribution >= 0.6 is 0 Å². The molecule has 0 aromatic rings. The second-order valence-electron chi connectivity index (χ2n) is 19.0. The minimum Gasteiger partial charge on any atom is -0.388 e. The Morgan fingerprint density at radius 3 is 0.564 bits per heavy atom. The van der Waals surface area contributed by atoms with Crippen molar-refractivity contribution in [1.29, 1.82) is 0 Å². The van der Waals surface area contributed by atoms with Crippen LogP contribution in [0.25, 0.3) is 0 Å². The van der Waals surface area contributed by atoms with Crippen LogP contribution in [0.3, 0.4) is 0 Å². The molecule has 55 heavy (non-hydrogen) atoms. The molecule has 0 aliphatic heterocycles. The lowest BCUT2D eigenvalue weighted by Crippen LogP contribution is -2.56. The zero-order valence-corrected chi connectivity index (χ0v) is 38.6. The Bertz CT molecular complexity index is 692. The maximum atomic E-state index is 10.6. The van der Waals surface area contributed by atoms with Crippen LogP contribution in [0, 0.1) is 0 Å². The lowest BCUT2D eigenvalue weighted by Gasteiger charge is -2.42. The molecule has 0 amide bonds. The maximum Gasteiger partial charge on any atom is 0.105 e. The summed E-state index contributed by atoms with van der Waals surface area (Å²) in [7, 11) is 0. The van der Waals surface area contributed by atoms with Crippen LogP contribution in [-0.4, -0.2) is 106 Å². The summed E-state index contributed by atoms with van der Waals surface area (Å²) < 4.78 is 1.63. The highest BCUT2D eigenvalue weighted by Gasteiger charge is 2.32. The Balaban J connectivity index is 4.75. The fourth-order valence-electron chi connectivity index (χ4n) is 9.70. The van der Waals surface area contributed by atoms with Gasteiger partial charge in [0.1, 0.15) is 50.6 Å². The summed E-state index contributed by atoms with van der Waals surface area (Å²) in [5.74, 6) is 0. The van der Waals surface area contributed by atoms with Crippen molar-refractivity contribution in [3.05, 3.63) is 0 Å². The molecule has 0 radical (unpaired) electrons. The van der Waals surface area contributed by atoms with E-state index in [1.54, 1.807) is 0 Å². The van der Waals surface area contributed by atoms with Gasteiger partial charge in [0.2, 0.25) is 0 Å². The smallest absolute Gasteiger partial charge is 0.105 e. The van der Waals surface area contributed by atoms with E-state index in [-0.39, 0.29) is 24.4 Å². The minimum atomic E-state index is -0.378. The maximum absolute atomic E-state index is 10.6. The zero-order chi connectivity index (χ0) is 40.9. The first-order valence-electron chi connectivity index (χ1n) is 24.9. The molecule has 0 aromatic carbocycles. The molecule has 332 valence electrons. The molecule has 6 heteroatoms. The van der Waals surface area contributed by atoms with Gasteiger partial charge in [-0.25, -0.2) is 0 Å². The van der Waals surface area contributed by atoms with Gasteiger partial charge >= 0.3 is 0 Å². The van der Waals surface area contributed by atoms with Gasteiger partial charge in [-0.2, -0.15) is 0 Å². The first-order chi connectivity index (χ1) is 26.5. The first-order valence-corrected chi connectivity index (χ1v) is 24.9. The van der Waals surface area contributed by atoms with Gasteiger partial charge in [0.05, 0.1) is 26.2 Å². The van der Waals surface area contributed by atoms with Crippen molar-refractivity contribution < 1.29 is 29.4 Å². The molecule has 4 N–H and O–H groups in total. The number of unbranched alkanes of at least 4 members (excludes halogenated alkanes) is 28. The van der Waals surface area contributed by atoms with Gasteiger partial charge in [-0.05, 0) is 72.6 Å². The summed E-state index contributed by atoms with van der Waals surface area (Å²) in [5.41, 5.74) is 0. The van der Waals surface area contributed by atoms with E-state index in [4.69, 9.17) is 0 Å². The van der Waals surface area contributed by atoms with Crippen molar-refractivity contribution in [1.82, 2.24) is 0 Å². The molecule has 0 saturated carbocycles. The number of aliphatic hydroxyl groups excluding tert-OH is 4. The van der Waals surface area contributed by atoms with Crippen molar-refractivity contribution in [2.24, 2.45) is 0 Å². The van der Waals surface area contributed by atoms with E-state index in [0.717, 1.165) is 54.4 Å². The molecule has 4 unspecified atom stereocenters. The second kappa shape index (κ2) is 38.0. The first kappa shape index (κ1) is 54.8. The van der Waals surface area contributed by atoms with Crippen molar-refractivity contribution in [2.45, 2.75) is 265 Å². The monoisotopic (exact) mass is 785 g/mol. The SMILES string of the molecule is CCCCCCCCCCCCCCCC[N+](CCCCC[N+](CCCCCCCCCCCCCCCC)(CC(C)O)CC(C)O)(CC(C)O)CC(C)O. The largest absolute Gasteiger partial charge is 0.388 e. The van der Waals surface area contributed by atoms with Crippen LogP contribution in [0.5, 0.6) is 0 Å². The van der Waals surface area contributed by atoms with E-state index in [1.165, 1.54) is 180 Å². The van der Waals surface area contributed by atoms with E-state index in [2.05, 4.69) is 13.8 Å². The van der Waals surface area contributed by atoms with Crippen LogP contribution in [0.2, 0.25) is 0 Å². The van der Waals surface area contributed by atoms with E-state index >= 15 is 0 Å². The molecule has 0 bridgehead atoms. The average molecular weight is 785 g/mol. The molecule has 4 atom stereocenters. The Hall–Kier alpha value is -0.240. The number of hydrogen-bond donors (Lipinski definition) is 4. The number of aliphatic hydroxyl groups is 4. The highest BCUT2D eigenvalue weighted by Crippen LogP contribution is 2.21. The number of quaternary nitrogens is 2. The second-order valence-corrected chi connectivity index (χ2v) is 19.0. The summed E-state index contributed by atoms with van der Waals surface area (Å²) in [6.07, 6.45) is 39.8. The molecule has 6 nitrogen and oxygen atoms in total. The highest BCUT2D eigenvalue weighted by molar-refractivity contribution is 4.60. The van der Waals surface area contributed by atoms with Crippen molar-refractivity contribution in [3.63, 3.8) is 0 Å². The molecule has 0 aliphatic rings. The number of nitrogens with zero attached hydrogens (tertiary/aromatic N) is 2. The number of hydrogen-bond acceptors (Lipinski definition) is 4. The molecular formula is C49H104N2O4+2. The molecule has 0 aliphatic carbocycles. The third-order valence-corrected chi connectivity index (χ3v) is 12.3. The van der Waals surface area contributed by atoms with Crippen LogP contribution in [0.4, 0.5) is 0 Å². The van der Waals surface area contributed by atoms with Crippen LogP contribution in [0.1, 0.15) is 241 Å². The topological polar surface area (TPSA) is 80.9 Å². The van der Waals surface area contributed by atoms with Gasteiger partial charge in [-0.1, -0.05) is 168 Å². The van der Waals surface area contributed by atoms with Gasteiger partial charge in [0.15, 0.2) is 0 Å². The standard InChI is InChI=1S/C49H104N2O4/c1-7-9-11-13-15-17-19-21-23-25-27-29-31-34-38-50(42-46(3)52,43-47(4)53)40-36-33-37-41-51(44-48(5)54,45-49(6)55)39-35-32-30-28-26-24-22-20-18-16-14-12-10-8-2/h46-49,52-55H,7-45H2,1-6H3/q+2. The molecule has 0 aromatic heterocycles. The Morgan fingerprint density at radius 1 is 0.255 bits per heavy atom. The molecule has 0 rings (SSSR count). The molecule has 0 fully saturated rings. The summed E-state index contributed by atoms with van der Waals surface area (Å²) in [6.45, 7) is 19.2. The zero-order valence-electron chi connectivity index (χ0n) is 38.6. The van der Waals surface area contributed by atoms with E-state index in [1.807, 2.05) is 27.7 Å². The third-order valence-electron chi connectivity index (χ3n) is 12.3. The van der Waals surface area contributed by atoms with E-state index in [0.29, 0.717) is 26.2 Å². The summed E-state index contributed by atoms with van der Waals surface area (Å²) in [5, 5.41) is 42.3.